The van der Waals surface area contributed by atoms with Gasteiger partial charge in [-0.3, -0.25) is 0 Å². The first-order valence-electron chi connectivity index (χ1n) is 7.85. The number of rotatable bonds is 8. The Hall–Kier alpha value is -0.940. The Morgan fingerprint density at radius 3 is 2.59 bits per heavy atom. The van der Waals surface area contributed by atoms with Crippen LogP contribution in [0.3, 0.4) is 0 Å². The predicted molar refractivity (Wildman–Crippen MR) is 86.5 cm³/mol. The molecule has 0 bridgehead atoms. The Bertz CT molecular complexity index is 467. The summed E-state index contributed by atoms with van der Waals surface area (Å²) in [5.74, 6) is 0. The van der Waals surface area contributed by atoms with E-state index in [2.05, 4.69) is 26.0 Å². The molecule has 2 aliphatic carbocycles. The van der Waals surface area contributed by atoms with Crippen LogP contribution in [0.15, 0.2) is 34.4 Å². The van der Waals surface area contributed by atoms with Crippen LogP contribution in [-0.2, 0) is 18.9 Å². The highest BCUT2D eigenvalue weighted by Gasteiger charge is 2.40. The summed E-state index contributed by atoms with van der Waals surface area (Å²) in [4.78, 5) is 0. The largest absolute Gasteiger partial charge is 0.359 e. The normalized spacial score (nSPS) is 26.5. The zero-order chi connectivity index (χ0) is 16.0. The molecule has 0 aromatic heterocycles. The molecule has 2 aliphatic rings. The summed E-state index contributed by atoms with van der Waals surface area (Å²) in [6, 6.07) is 0. The molecule has 1 saturated carbocycles. The van der Waals surface area contributed by atoms with Gasteiger partial charge in [0.1, 0.15) is 13.6 Å². The van der Waals surface area contributed by atoms with Gasteiger partial charge in [-0.25, -0.2) is 0 Å². The van der Waals surface area contributed by atoms with E-state index in [9.17, 15) is 0 Å². The van der Waals surface area contributed by atoms with E-state index in [1.165, 1.54) is 22.3 Å². The molecule has 0 aromatic rings. The molecule has 2 rings (SSSR count). The van der Waals surface area contributed by atoms with Crippen molar-refractivity contribution in [1.29, 1.82) is 0 Å². The zero-order valence-corrected chi connectivity index (χ0v) is 14.2. The van der Waals surface area contributed by atoms with E-state index in [1.54, 1.807) is 14.2 Å². The molecular formula is C18H28O4. The average molecular weight is 308 g/mol. The van der Waals surface area contributed by atoms with Crippen molar-refractivity contribution in [2.45, 2.75) is 33.1 Å². The number of hydrogen-bond donors (Lipinski definition) is 0. The zero-order valence-electron chi connectivity index (χ0n) is 14.2. The monoisotopic (exact) mass is 308 g/mol. The molecule has 124 valence electrons. The van der Waals surface area contributed by atoms with Gasteiger partial charge in [-0.15, -0.1) is 0 Å². The Labute approximate surface area is 133 Å². The van der Waals surface area contributed by atoms with E-state index in [0.717, 1.165) is 19.3 Å². The molecule has 4 heteroatoms. The van der Waals surface area contributed by atoms with Gasteiger partial charge in [0, 0.05) is 19.6 Å². The van der Waals surface area contributed by atoms with E-state index >= 15 is 0 Å². The standard InChI is InChI=1S/C18H28O4/c1-14(10-21-12-19-3)16-7-8-17-15(11-22-13-20-4)6-5-9-18(16,17)2/h5,9H,6-8,10-13H2,1-4H3/b16-14-. The van der Waals surface area contributed by atoms with E-state index in [0.29, 0.717) is 26.8 Å². The quantitative estimate of drug-likeness (QED) is 0.390. The molecule has 1 unspecified atom stereocenters. The van der Waals surface area contributed by atoms with E-state index < -0.39 is 0 Å². The minimum absolute atomic E-state index is 0.0323. The van der Waals surface area contributed by atoms with Crippen molar-refractivity contribution in [3.8, 4) is 0 Å². The van der Waals surface area contributed by atoms with Crippen LogP contribution in [0.2, 0.25) is 0 Å². The van der Waals surface area contributed by atoms with Gasteiger partial charge >= 0.3 is 0 Å². The van der Waals surface area contributed by atoms with Gasteiger partial charge < -0.3 is 18.9 Å². The topological polar surface area (TPSA) is 36.9 Å². The van der Waals surface area contributed by atoms with Crippen molar-refractivity contribution in [2.75, 3.05) is 41.0 Å². The molecule has 1 atom stereocenters. The molecule has 1 fully saturated rings. The second kappa shape index (κ2) is 8.06. The first-order valence-corrected chi connectivity index (χ1v) is 7.85. The minimum Gasteiger partial charge on any atom is -0.359 e. The molecule has 0 aromatic carbocycles. The van der Waals surface area contributed by atoms with Crippen molar-refractivity contribution in [2.24, 2.45) is 5.41 Å². The SMILES string of the molecule is COCOCC1=C2CC/C(=C(\C)COCOC)C2(C)C=CC1. The lowest BCUT2D eigenvalue weighted by Gasteiger charge is -2.31. The van der Waals surface area contributed by atoms with Crippen molar-refractivity contribution in [1.82, 2.24) is 0 Å². The van der Waals surface area contributed by atoms with Crippen LogP contribution in [0.5, 0.6) is 0 Å². The van der Waals surface area contributed by atoms with Gasteiger partial charge in [-0.05, 0) is 44.3 Å². The smallest absolute Gasteiger partial charge is 0.146 e. The highest BCUT2D eigenvalue weighted by molar-refractivity contribution is 5.48. The number of methoxy groups -OCH3 is 2. The highest BCUT2D eigenvalue weighted by Crippen LogP contribution is 2.52. The number of hydrogen-bond acceptors (Lipinski definition) is 4. The number of ether oxygens (including phenoxy) is 4. The van der Waals surface area contributed by atoms with Gasteiger partial charge in [0.05, 0.1) is 13.2 Å². The molecule has 0 heterocycles. The van der Waals surface area contributed by atoms with Crippen molar-refractivity contribution >= 4 is 0 Å². The van der Waals surface area contributed by atoms with E-state index in [1.807, 2.05) is 0 Å². The summed E-state index contributed by atoms with van der Waals surface area (Å²) in [5, 5.41) is 0. The van der Waals surface area contributed by atoms with Crippen LogP contribution in [0, 0.1) is 5.41 Å². The average Bonchev–Trinajstić information content (AvgIpc) is 2.85. The lowest BCUT2D eigenvalue weighted by atomic mass is 9.74. The molecule has 0 saturated heterocycles. The Balaban J connectivity index is 2.16. The van der Waals surface area contributed by atoms with Crippen LogP contribution in [0.4, 0.5) is 0 Å². The van der Waals surface area contributed by atoms with Gasteiger partial charge in [-0.2, -0.15) is 0 Å². The van der Waals surface area contributed by atoms with Crippen LogP contribution in [-0.4, -0.2) is 41.0 Å². The summed E-state index contributed by atoms with van der Waals surface area (Å²) >= 11 is 0. The fourth-order valence-electron chi connectivity index (χ4n) is 3.67. The lowest BCUT2D eigenvalue weighted by Crippen LogP contribution is -2.21. The fraction of sp³-hybridized carbons (Fsp3) is 0.667. The summed E-state index contributed by atoms with van der Waals surface area (Å²) in [5.41, 5.74) is 5.76. The van der Waals surface area contributed by atoms with Gasteiger partial charge in [0.2, 0.25) is 0 Å². The molecular weight excluding hydrogens is 280 g/mol. The van der Waals surface area contributed by atoms with Gasteiger partial charge in [0.25, 0.3) is 0 Å². The maximum atomic E-state index is 5.58. The summed E-state index contributed by atoms with van der Waals surface area (Å²) in [7, 11) is 3.30. The molecule has 4 nitrogen and oxygen atoms in total. The van der Waals surface area contributed by atoms with Gasteiger partial charge in [0.15, 0.2) is 0 Å². The van der Waals surface area contributed by atoms with Crippen LogP contribution < -0.4 is 0 Å². The summed E-state index contributed by atoms with van der Waals surface area (Å²) in [6.07, 6.45) is 7.82. The predicted octanol–water partition coefficient (Wildman–Crippen LogP) is 3.60. The number of allylic oxidation sites excluding steroid dienone is 4. The van der Waals surface area contributed by atoms with Crippen molar-refractivity contribution in [3.63, 3.8) is 0 Å². The Morgan fingerprint density at radius 1 is 1.14 bits per heavy atom. The van der Waals surface area contributed by atoms with E-state index in [-0.39, 0.29) is 5.41 Å². The molecule has 0 N–H and O–H groups in total. The van der Waals surface area contributed by atoms with Gasteiger partial charge in [-0.1, -0.05) is 23.3 Å². The third-order valence-corrected chi connectivity index (χ3v) is 4.63. The maximum Gasteiger partial charge on any atom is 0.146 e. The molecule has 0 radical (unpaired) electrons. The highest BCUT2D eigenvalue weighted by atomic mass is 16.7. The second-order valence-electron chi connectivity index (χ2n) is 6.16. The van der Waals surface area contributed by atoms with Crippen LogP contribution >= 0.6 is 0 Å². The third-order valence-electron chi connectivity index (χ3n) is 4.63. The van der Waals surface area contributed by atoms with E-state index in [4.69, 9.17) is 18.9 Å². The van der Waals surface area contributed by atoms with Crippen molar-refractivity contribution < 1.29 is 18.9 Å². The lowest BCUT2D eigenvalue weighted by molar-refractivity contribution is -0.0219. The summed E-state index contributed by atoms with van der Waals surface area (Å²) < 4.78 is 21.1. The number of fused-ring (bicyclic) bond motifs is 1. The maximum absolute atomic E-state index is 5.58. The molecule has 0 aliphatic heterocycles. The van der Waals surface area contributed by atoms with Crippen molar-refractivity contribution in [3.05, 3.63) is 34.4 Å². The van der Waals surface area contributed by atoms with Crippen LogP contribution in [0.25, 0.3) is 0 Å². The third kappa shape index (κ3) is 3.69. The summed E-state index contributed by atoms with van der Waals surface area (Å²) in [6.45, 7) is 6.48. The minimum atomic E-state index is 0.0323. The molecule has 22 heavy (non-hydrogen) atoms. The fourth-order valence-corrected chi connectivity index (χ4v) is 3.67. The Morgan fingerprint density at radius 2 is 1.86 bits per heavy atom. The molecule has 0 amide bonds. The Kier molecular flexibility index (Phi) is 6.38. The molecule has 0 spiro atoms. The first-order chi connectivity index (χ1) is 10.6. The second-order valence-corrected chi connectivity index (χ2v) is 6.16. The first kappa shape index (κ1) is 17.4. The van der Waals surface area contributed by atoms with Crippen LogP contribution in [0.1, 0.15) is 33.1 Å².